The number of nitrogens with zero attached hydrogens (tertiary/aromatic N) is 2. The summed E-state index contributed by atoms with van der Waals surface area (Å²) in [5.41, 5.74) is 2.66. The van der Waals surface area contributed by atoms with Crippen molar-refractivity contribution >= 4 is 34.1 Å². The molecule has 0 aliphatic carbocycles. The van der Waals surface area contributed by atoms with Crippen molar-refractivity contribution in [1.29, 1.82) is 0 Å². The van der Waals surface area contributed by atoms with Crippen LogP contribution in [0.4, 0.5) is 4.39 Å². The molecule has 0 amide bonds. The van der Waals surface area contributed by atoms with Crippen molar-refractivity contribution in [2.24, 2.45) is 0 Å². The minimum absolute atomic E-state index is 0.0937. The lowest BCUT2D eigenvalue weighted by atomic mass is 9.86. The number of phenols is 1. The highest BCUT2D eigenvalue weighted by atomic mass is 35.5. The lowest BCUT2D eigenvalue weighted by Gasteiger charge is -2.21. The Bertz CT molecular complexity index is 1150. The second kappa shape index (κ2) is 7.74. The van der Waals surface area contributed by atoms with Crippen LogP contribution in [0.5, 0.6) is 5.75 Å². The van der Waals surface area contributed by atoms with Gasteiger partial charge in [0.15, 0.2) is 0 Å². The average molecular weight is 413 g/mol. The van der Waals surface area contributed by atoms with Gasteiger partial charge in [-0.1, -0.05) is 47.5 Å². The zero-order chi connectivity index (χ0) is 19.7. The van der Waals surface area contributed by atoms with Gasteiger partial charge in [-0.2, -0.15) is 0 Å². The highest BCUT2D eigenvalue weighted by Gasteiger charge is 2.23. The number of halogens is 3. The van der Waals surface area contributed by atoms with Crippen LogP contribution in [0.1, 0.15) is 22.7 Å². The molecule has 2 heterocycles. The Morgan fingerprint density at radius 1 is 0.964 bits per heavy atom. The molecule has 0 aliphatic rings. The van der Waals surface area contributed by atoms with Gasteiger partial charge in [0.05, 0.1) is 6.20 Å². The summed E-state index contributed by atoms with van der Waals surface area (Å²) in [6, 6.07) is 15.7. The lowest BCUT2D eigenvalue weighted by Crippen LogP contribution is -2.08. The fourth-order valence-corrected chi connectivity index (χ4v) is 3.87. The second-order valence-electron chi connectivity index (χ2n) is 6.47. The molecule has 0 spiro atoms. The molecule has 4 rings (SSSR count). The van der Waals surface area contributed by atoms with Gasteiger partial charge < -0.3 is 5.11 Å². The first-order valence-electron chi connectivity index (χ1n) is 8.65. The van der Waals surface area contributed by atoms with Crippen LogP contribution in [0.3, 0.4) is 0 Å². The Morgan fingerprint density at radius 2 is 1.79 bits per heavy atom. The molecular weight excluding hydrogens is 398 g/mol. The average Bonchev–Trinajstić information content (AvgIpc) is 2.69. The van der Waals surface area contributed by atoms with Crippen LogP contribution in [0, 0.1) is 5.82 Å². The van der Waals surface area contributed by atoms with Crippen LogP contribution in [-0.4, -0.2) is 15.1 Å². The fraction of sp³-hybridized carbons (Fsp3) is 0.0909. The largest absolute Gasteiger partial charge is 0.505 e. The van der Waals surface area contributed by atoms with Crippen LogP contribution in [0.15, 0.2) is 67.0 Å². The van der Waals surface area contributed by atoms with Gasteiger partial charge in [0.2, 0.25) is 0 Å². The molecule has 0 bridgehead atoms. The van der Waals surface area contributed by atoms with Gasteiger partial charge in [-0.15, -0.1) is 0 Å². The maximum absolute atomic E-state index is 13.3. The van der Waals surface area contributed by atoms with Crippen molar-refractivity contribution in [3.63, 3.8) is 0 Å². The zero-order valence-electron chi connectivity index (χ0n) is 14.6. The molecule has 2 aromatic carbocycles. The number of hydrogen-bond acceptors (Lipinski definition) is 3. The summed E-state index contributed by atoms with van der Waals surface area (Å²) in [4.78, 5) is 8.47. The molecule has 4 aromatic rings. The third kappa shape index (κ3) is 3.66. The van der Waals surface area contributed by atoms with E-state index in [2.05, 4.69) is 9.97 Å². The van der Waals surface area contributed by atoms with E-state index in [-0.39, 0.29) is 11.7 Å². The smallest absolute Gasteiger partial charge is 0.145 e. The first-order valence-corrected chi connectivity index (χ1v) is 9.40. The maximum atomic E-state index is 13.3. The Labute approximate surface area is 171 Å². The third-order valence-corrected chi connectivity index (χ3v) is 5.26. The molecule has 0 saturated carbocycles. The number of hydrogen-bond donors (Lipinski definition) is 1. The number of phenolic OH excluding ortho intramolecular Hbond substituents is 1. The first kappa shape index (κ1) is 18.7. The topological polar surface area (TPSA) is 46.0 Å². The van der Waals surface area contributed by atoms with Crippen LogP contribution in [0.2, 0.25) is 10.0 Å². The third-order valence-electron chi connectivity index (χ3n) is 4.69. The van der Waals surface area contributed by atoms with Crippen molar-refractivity contribution in [3.8, 4) is 5.75 Å². The standard InChI is InChI=1S/C22H15Cl2FN2O/c23-14-4-8-17(20(24)10-14)19(11-16-6-5-15(25)12-27-16)18-7-3-13-2-1-9-26-21(13)22(18)28/h1-10,12,19,28H,11H2. The Kier molecular flexibility index (Phi) is 5.16. The summed E-state index contributed by atoms with van der Waals surface area (Å²) in [5.74, 6) is -0.618. The van der Waals surface area contributed by atoms with Gasteiger partial charge >= 0.3 is 0 Å². The van der Waals surface area contributed by atoms with Crippen LogP contribution in [0.25, 0.3) is 10.9 Å². The molecule has 0 radical (unpaired) electrons. The molecule has 2 aromatic heterocycles. The van der Waals surface area contributed by atoms with Gasteiger partial charge in [-0.3, -0.25) is 9.97 Å². The quantitative estimate of drug-likeness (QED) is 0.436. The molecular formula is C22H15Cl2FN2O. The summed E-state index contributed by atoms with van der Waals surface area (Å²) in [5, 5.41) is 12.8. The maximum Gasteiger partial charge on any atom is 0.145 e. The first-order chi connectivity index (χ1) is 13.5. The molecule has 0 saturated heterocycles. The summed E-state index contributed by atoms with van der Waals surface area (Å²) >= 11 is 12.5. The number of pyridine rings is 2. The van der Waals surface area contributed by atoms with Crippen molar-refractivity contribution in [2.75, 3.05) is 0 Å². The van der Waals surface area contributed by atoms with E-state index in [4.69, 9.17) is 23.2 Å². The molecule has 3 nitrogen and oxygen atoms in total. The van der Waals surface area contributed by atoms with E-state index < -0.39 is 5.82 Å². The fourth-order valence-electron chi connectivity index (χ4n) is 3.33. The number of aromatic nitrogens is 2. The summed E-state index contributed by atoms with van der Waals surface area (Å²) in [7, 11) is 0. The Balaban J connectivity index is 1.87. The minimum Gasteiger partial charge on any atom is -0.505 e. The predicted octanol–water partition coefficient (Wildman–Crippen LogP) is 6.16. The molecule has 1 N–H and O–H groups in total. The summed E-state index contributed by atoms with van der Waals surface area (Å²) < 4.78 is 13.3. The van der Waals surface area contributed by atoms with Crippen molar-refractivity contribution in [3.05, 3.63) is 99.7 Å². The number of benzene rings is 2. The highest BCUT2D eigenvalue weighted by Crippen LogP contribution is 2.40. The van der Waals surface area contributed by atoms with E-state index in [9.17, 15) is 9.50 Å². The monoisotopic (exact) mass is 412 g/mol. The zero-order valence-corrected chi connectivity index (χ0v) is 16.1. The van der Waals surface area contributed by atoms with E-state index >= 15 is 0 Å². The van der Waals surface area contributed by atoms with Crippen molar-refractivity contribution in [1.82, 2.24) is 9.97 Å². The van der Waals surface area contributed by atoms with Gasteiger partial charge in [0.1, 0.15) is 17.1 Å². The van der Waals surface area contributed by atoms with Crippen LogP contribution in [-0.2, 0) is 6.42 Å². The summed E-state index contributed by atoms with van der Waals surface area (Å²) in [6.45, 7) is 0. The predicted molar refractivity (Wildman–Crippen MR) is 110 cm³/mol. The normalized spacial score (nSPS) is 12.2. The number of fused-ring (bicyclic) bond motifs is 1. The molecule has 1 atom stereocenters. The number of rotatable bonds is 4. The van der Waals surface area contributed by atoms with Gasteiger partial charge in [-0.05, 0) is 35.9 Å². The van der Waals surface area contributed by atoms with Crippen LogP contribution < -0.4 is 0 Å². The Hall–Kier alpha value is -2.69. The van der Waals surface area contributed by atoms with E-state index in [1.54, 1.807) is 24.4 Å². The second-order valence-corrected chi connectivity index (χ2v) is 7.31. The SMILES string of the molecule is Oc1c(C(Cc2ccc(F)cn2)c2ccc(Cl)cc2Cl)ccc2cccnc12. The summed E-state index contributed by atoms with van der Waals surface area (Å²) in [6.07, 6.45) is 3.24. The molecule has 0 fully saturated rings. The van der Waals surface area contributed by atoms with Crippen molar-refractivity contribution in [2.45, 2.75) is 12.3 Å². The molecule has 6 heteroatoms. The molecule has 1 unspecified atom stereocenters. The number of aromatic hydroxyl groups is 1. The minimum atomic E-state index is -0.400. The van der Waals surface area contributed by atoms with Crippen LogP contribution >= 0.6 is 23.2 Å². The van der Waals surface area contributed by atoms with Gasteiger partial charge in [0, 0.05) is 45.2 Å². The van der Waals surface area contributed by atoms with Crippen molar-refractivity contribution < 1.29 is 9.50 Å². The van der Waals surface area contributed by atoms with E-state index in [1.165, 1.54) is 12.3 Å². The van der Waals surface area contributed by atoms with E-state index in [0.717, 1.165) is 10.9 Å². The van der Waals surface area contributed by atoms with Gasteiger partial charge in [0.25, 0.3) is 0 Å². The molecule has 28 heavy (non-hydrogen) atoms. The molecule has 140 valence electrons. The van der Waals surface area contributed by atoms with E-state index in [1.807, 2.05) is 30.3 Å². The highest BCUT2D eigenvalue weighted by molar-refractivity contribution is 6.35. The molecule has 0 aliphatic heterocycles. The van der Waals surface area contributed by atoms with E-state index in [0.29, 0.717) is 33.2 Å². The lowest BCUT2D eigenvalue weighted by molar-refractivity contribution is 0.469. The Morgan fingerprint density at radius 3 is 2.54 bits per heavy atom. The van der Waals surface area contributed by atoms with Gasteiger partial charge in [-0.25, -0.2) is 4.39 Å².